The Morgan fingerprint density at radius 2 is 2.16 bits per heavy atom. The van der Waals surface area contributed by atoms with Crippen molar-refractivity contribution < 1.29 is 18.7 Å². The van der Waals surface area contributed by atoms with Crippen LogP contribution in [0.25, 0.3) is 0 Å². The molecular formula is C18H19FN2O3S. The molecule has 0 saturated carbocycles. The second-order valence-corrected chi connectivity index (χ2v) is 6.84. The lowest BCUT2D eigenvalue weighted by Crippen LogP contribution is -2.37. The van der Waals surface area contributed by atoms with Crippen LogP contribution in [0.3, 0.4) is 0 Å². The van der Waals surface area contributed by atoms with Gasteiger partial charge >= 0.3 is 5.97 Å². The molecule has 132 valence electrons. The number of nitrogens with one attached hydrogen (secondary N) is 1. The summed E-state index contributed by atoms with van der Waals surface area (Å²) in [5.41, 5.74) is 2.93. The number of methoxy groups -OCH3 is 1. The van der Waals surface area contributed by atoms with Crippen LogP contribution in [0.1, 0.15) is 27.2 Å². The molecule has 0 unspecified atom stereocenters. The van der Waals surface area contributed by atoms with E-state index in [4.69, 9.17) is 4.74 Å². The summed E-state index contributed by atoms with van der Waals surface area (Å²) in [7, 11) is 1.30. The van der Waals surface area contributed by atoms with E-state index in [1.165, 1.54) is 24.5 Å². The third-order valence-corrected chi connectivity index (χ3v) is 5.18. The van der Waals surface area contributed by atoms with Gasteiger partial charge in [-0.05, 0) is 48.4 Å². The zero-order valence-corrected chi connectivity index (χ0v) is 14.9. The standard InChI is InChI=1S/C18H19FN2O3S/c1-11-5-6-13(19)16-12(11)4-3-8-21(16)10-15(22)20-14-7-9-25-17(14)18(23)24-2/h5-7,9H,3-4,8,10H2,1-2H3,(H,20,22). The van der Waals surface area contributed by atoms with E-state index >= 15 is 0 Å². The summed E-state index contributed by atoms with van der Waals surface area (Å²) in [5.74, 6) is -1.09. The third kappa shape index (κ3) is 3.51. The van der Waals surface area contributed by atoms with Crippen molar-refractivity contribution in [2.75, 3.05) is 30.4 Å². The van der Waals surface area contributed by atoms with Gasteiger partial charge in [0.05, 0.1) is 25.0 Å². The van der Waals surface area contributed by atoms with Gasteiger partial charge < -0.3 is 15.0 Å². The Labute approximate surface area is 149 Å². The molecule has 1 N–H and O–H groups in total. The predicted molar refractivity (Wildman–Crippen MR) is 96.0 cm³/mol. The number of esters is 1. The third-order valence-electron chi connectivity index (χ3n) is 4.28. The van der Waals surface area contributed by atoms with Crippen LogP contribution in [0.5, 0.6) is 0 Å². The molecule has 5 nitrogen and oxygen atoms in total. The number of rotatable bonds is 4. The number of fused-ring (bicyclic) bond motifs is 1. The highest BCUT2D eigenvalue weighted by molar-refractivity contribution is 7.12. The van der Waals surface area contributed by atoms with E-state index in [2.05, 4.69) is 5.32 Å². The molecule has 0 aliphatic carbocycles. The first-order valence-electron chi connectivity index (χ1n) is 8.00. The number of halogens is 1. The van der Waals surface area contributed by atoms with E-state index in [-0.39, 0.29) is 18.3 Å². The molecule has 1 aliphatic heterocycles. The highest BCUT2D eigenvalue weighted by atomic mass is 32.1. The number of carbonyl (C=O) groups excluding carboxylic acids is 2. The smallest absolute Gasteiger partial charge is 0.350 e. The number of benzene rings is 1. The molecule has 1 amide bonds. The molecule has 0 fully saturated rings. The summed E-state index contributed by atoms with van der Waals surface area (Å²) in [6.45, 7) is 2.61. The number of anilines is 2. The Bertz CT molecular complexity index is 819. The van der Waals surface area contributed by atoms with Crippen LogP contribution in [-0.4, -0.2) is 32.1 Å². The highest BCUT2D eigenvalue weighted by Gasteiger charge is 2.24. The van der Waals surface area contributed by atoms with E-state index in [1.807, 2.05) is 6.92 Å². The van der Waals surface area contributed by atoms with E-state index < -0.39 is 5.97 Å². The monoisotopic (exact) mass is 362 g/mol. The van der Waals surface area contributed by atoms with E-state index in [0.717, 1.165) is 24.0 Å². The maximum Gasteiger partial charge on any atom is 0.350 e. The molecule has 2 aromatic rings. The number of carbonyl (C=O) groups is 2. The van der Waals surface area contributed by atoms with Crippen LogP contribution in [0.4, 0.5) is 15.8 Å². The number of thiophene rings is 1. The Morgan fingerprint density at radius 3 is 2.92 bits per heavy atom. The van der Waals surface area contributed by atoms with Crippen LogP contribution < -0.4 is 10.2 Å². The fourth-order valence-electron chi connectivity index (χ4n) is 3.10. The number of ether oxygens (including phenoxy) is 1. The molecule has 0 radical (unpaired) electrons. The van der Waals surface area contributed by atoms with Crippen molar-refractivity contribution in [3.8, 4) is 0 Å². The number of hydrogen-bond acceptors (Lipinski definition) is 5. The first-order valence-corrected chi connectivity index (χ1v) is 8.87. The van der Waals surface area contributed by atoms with Crippen molar-refractivity contribution in [2.24, 2.45) is 0 Å². The van der Waals surface area contributed by atoms with Gasteiger partial charge in [0.25, 0.3) is 0 Å². The predicted octanol–water partition coefficient (Wildman–Crippen LogP) is 3.37. The van der Waals surface area contributed by atoms with E-state index in [9.17, 15) is 14.0 Å². The Balaban J connectivity index is 1.77. The van der Waals surface area contributed by atoms with Crippen LogP contribution in [-0.2, 0) is 16.0 Å². The summed E-state index contributed by atoms with van der Waals surface area (Å²) < 4.78 is 19.0. The molecule has 0 saturated heterocycles. The molecule has 2 heterocycles. The van der Waals surface area contributed by atoms with E-state index in [0.29, 0.717) is 22.8 Å². The SMILES string of the molecule is COC(=O)c1sccc1NC(=O)CN1CCCc2c(C)ccc(F)c21. The van der Waals surface area contributed by atoms with Gasteiger partial charge in [-0.2, -0.15) is 0 Å². The molecule has 1 aromatic carbocycles. The largest absolute Gasteiger partial charge is 0.465 e. The molecule has 25 heavy (non-hydrogen) atoms. The lowest BCUT2D eigenvalue weighted by atomic mass is 9.96. The van der Waals surface area contributed by atoms with Crippen molar-refractivity contribution in [2.45, 2.75) is 19.8 Å². The van der Waals surface area contributed by atoms with Gasteiger partial charge in [-0.1, -0.05) is 6.07 Å². The van der Waals surface area contributed by atoms with Crippen molar-refractivity contribution >= 4 is 34.6 Å². The summed E-state index contributed by atoms with van der Waals surface area (Å²) in [5, 5.41) is 4.43. The van der Waals surface area contributed by atoms with Gasteiger partial charge in [0.2, 0.25) is 5.91 Å². The summed E-state index contributed by atoms with van der Waals surface area (Å²) in [6, 6.07) is 4.87. The topological polar surface area (TPSA) is 58.6 Å². The molecule has 1 aromatic heterocycles. The minimum atomic E-state index is -0.490. The average Bonchev–Trinajstić information content (AvgIpc) is 3.05. The number of hydrogen-bond donors (Lipinski definition) is 1. The Hall–Kier alpha value is -2.41. The Morgan fingerprint density at radius 1 is 1.36 bits per heavy atom. The summed E-state index contributed by atoms with van der Waals surface area (Å²) in [4.78, 5) is 26.2. The quantitative estimate of drug-likeness (QED) is 0.847. The second-order valence-electron chi connectivity index (χ2n) is 5.92. The molecule has 0 atom stereocenters. The first kappa shape index (κ1) is 17.4. The minimum absolute atomic E-state index is 0.0316. The highest BCUT2D eigenvalue weighted by Crippen LogP contribution is 2.32. The van der Waals surface area contributed by atoms with Crippen molar-refractivity contribution in [1.82, 2.24) is 0 Å². The van der Waals surface area contributed by atoms with Gasteiger partial charge in [-0.25, -0.2) is 9.18 Å². The fourth-order valence-corrected chi connectivity index (χ4v) is 3.87. The van der Waals surface area contributed by atoms with Gasteiger partial charge in [0, 0.05) is 6.54 Å². The van der Waals surface area contributed by atoms with Crippen LogP contribution >= 0.6 is 11.3 Å². The van der Waals surface area contributed by atoms with Gasteiger partial charge in [0.1, 0.15) is 10.7 Å². The lowest BCUT2D eigenvalue weighted by molar-refractivity contribution is -0.115. The first-order chi connectivity index (χ1) is 12.0. The molecule has 3 rings (SSSR count). The maximum atomic E-state index is 14.3. The number of amides is 1. The fraction of sp³-hybridized carbons (Fsp3) is 0.333. The van der Waals surface area contributed by atoms with Gasteiger partial charge in [-0.15, -0.1) is 11.3 Å². The van der Waals surface area contributed by atoms with Crippen LogP contribution in [0.15, 0.2) is 23.6 Å². The van der Waals surface area contributed by atoms with E-state index in [1.54, 1.807) is 22.4 Å². The number of nitrogens with zero attached hydrogens (tertiary/aromatic N) is 1. The molecule has 0 spiro atoms. The van der Waals surface area contributed by atoms with Gasteiger partial charge in [-0.3, -0.25) is 4.79 Å². The normalized spacial score (nSPS) is 13.3. The molecular weight excluding hydrogens is 343 g/mol. The minimum Gasteiger partial charge on any atom is -0.465 e. The zero-order valence-electron chi connectivity index (χ0n) is 14.1. The Kier molecular flexibility index (Phi) is 5.03. The van der Waals surface area contributed by atoms with Crippen LogP contribution in [0.2, 0.25) is 0 Å². The van der Waals surface area contributed by atoms with Gasteiger partial charge in [0.15, 0.2) is 0 Å². The van der Waals surface area contributed by atoms with Crippen molar-refractivity contribution in [1.29, 1.82) is 0 Å². The second kappa shape index (κ2) is 7.23. The summed E-state index contributed by atoms with van der Waals surface area (Å²) in [6.07, 6.45) is 1.69. The van der Waals surface area contributed by atoms with Crippen molar-refractivity contribution in [3.05, 3.63) is 45.4 Å². The molecule has 0 bridgehead atoms. The number of aryl methyl sites for hydroxylation is 1. The van der Waals surface area contributed by atoms with Crippen molar-refractivity contribution in [3.63, 3.8) is 0 Å². The zero-order chi connectivity index (χ0) is 18.0. The lowest BCUT2D eigenvalue weighted by Gasteiger charge is -2.32. The molecule has 1 aliphatic rings. The maximum absolute atomic E-state index is 14.3. The van der Waals surface area contributed by atoms with Crippen LogP contribution in [0, 0.1) is 12.7 Å². The average molecular weight is 362 g/mol. The molecule has 7 heteroatoms. The summed E-state index contributed by atoms with van der Waals surface area (Å²) >= 11 is 1.20.